The quantitative estimate of drug-likeness (QED) is 0.0478. The van der Waals surface area contributed by atoms with Crippen molar-refractivity contribution in [3.63, 3.8) is 0 Å². The highest BCUT2D eigenvalue weighted by molar-refractivity contribution is 6.03. The molecule has 1 amide bonds. The molecule has 0 unspecified atom stereocenters. The molecule has 0 aromatic heterocycles. The molecule has 0 radical (unpaired) electrons. The first-order valence-corrected chi connectivity index (χ1v) is 24.1. The van der Waals surface area contributed by atoms with Gasteiger partial charge in [-0.15, -0.1) is 6.58 Å². The topological polar surface area (TPSA) is 119 Å². The van der Waals surface area contributed by atoms with Crippen LogP contribution in [0.15, 0.2) is 145 Å². The van der Waals surface area contributed by atoms with Crippen LogP contribution in [0.4, 0.5) is 4.79 Å². The average molecular weight is 907 g/mol. The molecule has 3 aliphatic rings. The van der Waals surface area contributed by atoms with Crippen LogP contribution >= 0.6 is 0 Å². The van der Waals surface area contributed by atoms with Gasteiger partial charge >= 0.3 is 6.09 Å². The summed E-state index contributed by atoms with van der Waals surface area (Å²) in [7, 11) is 0. The highest BCUT2D eigenvalue weighted by atomic mass is 16.7. The third-order valence-corrected chi connectivity index (χ3v) is 13.4. The van der Waals surface area contributed by atoms with Crippen molar-refractivity contribution in [3.8, 4) is 28.4 Å². The van der Waals surface area contributed by atoms with Crippen molar-refractivity contribution in [1.82, 2.24) is 4.90 Å². The van der Waals surface area contributed by atoms with Crippen molar-refractivity contribution >= 4 is 22.6 Å². The summed E-state index contributed by atoms with van der Waals surface area (Å²) in [6.07, 6.45) is 8.48. The van der Waals surface area contributed by atoms with Crippen molar-refractivity contribution in [3.05, 3.63) is 151 Å². The molecule has 1 heterocycles. The minimum Gasteiger partial charge on any atom is -0.459 e. The maximum atomic E-state index is 14.8. The van der Waals surface area contributed by atoms with E-state index in [1.165, 1.54) is 0 Å². The summed E-state index contributed by atoms with van der Waals surface area (Å²) >= 11 is 0. The average Bonchev–Trinajstić information content (AvgIpc) is 3.33. The summed E-state index contributed by atoms with van der Waals surface area (Å²) in [5.41, 5.74) is 5.23. The number of unbranched alkanes of at least 4 members (excludes halogenated alkanes) is 2. The van der Waals surface area contributed by atoms with E-state index in [1.807, 2.05) is 88.4 Å². The second kappa shape index (κ2) is 21.3. The van der Waals surface area contributed by atoms with Gasteiger partial charge in [-0.05, 0) is 129 Å². The number of ether oxygens (including phenoxy) is 4. The monoisotopic (exact) mass is 906 g/mol. The van der Waals surface area contributed by atoms with Crippen molar-refractivity contribution in [1.29, 1.82) is 0 Å². The molecule has 5 aromatic carbocycles. The lowest BCUT2D eigenvalue weighted by molar-refractivity contribution is -0.256. The largest absolute Gasteiger partial charge is 0.459 e. The van der Waals surface area contributed by atoms with Crippen LogP contribution < -0.4 is 9.47 Å². The summed E-state index contributed by atoms with van der Waals surface area (Å²) in [4.78, 5) is 22.9. The molecule has 1 fully saturated rings. The molecule has 1 saturated carbocycles. The van der Waals surface area contributed by atoms with E-state index < -0.39 is 29.4 Å². The Bertz CT molecular complexity index is 2530. The second-order valence-corrected chi connectivity index (χ2v) is 18.9. The number of oxime groups is 1. The van der Waals surface area contributed by atoms with Crippen LogP contribution in [0.5, 0.6) is 17.2 Å². The summed E-state index contributed by atoms with van der Waals surface area (Å²) in [6.45, 7) is 12.6. The first kappa shape index (κ1) is 47.5. The Hall–Kier alpha value is -5.94. The molecule has 0 bridgehead atoms. The Labute approximate surface area is 395 Å². The van der Waals surface area contributed by atoms with Gasteiger partial charge in [0.05, 0.1) is 31.4 Å². The molecule has 5 aromatic rings. The lowest BCUT2D eigenvalue weighted by Crippen LogP contribution is -2.70. The van der Waals surface area contributed by atoms with E-state index in [-0.39, 0.29) is 57.1 Å². The fourth-order valence-electron chi connectivity index (χ4n) is 10.5. The number of rotatable bonds is 19. The van der Waals surface area contributed by atoms with Gasteiger partial charge in [-0.1, -0.05) is 115 Å². The fraction of sp³-hybridized carbons (Fsp3) is 0.404. The molecule has 2 N–H and O–H groups in total. The van der Waals surface area contributed by atoms with Gasteiger partial charge in [0, 0.05) is 31.1 Å². The molecular weight excluding hydrogens is 841 g/mol. The van der Waals surface area contributed by atoms with Gasteiger partial charge in [-0.25, -0.2) is 4.79 Å². The molecule has 10 heteroatoms. The van der Waals surface area contributed by atoms with Crippen LogP contribution in [0.3, 0.4) is 0 Å². The highest BCUT2D eigenvalue weighted by Gasteiger charge is 2.66. The third kappa shape index (κ3) is 10.5. The minimum atomic E-state index is -1.45. The van der Waals surface area contributed by atoms with E-state index in [4.69, 9.17) is 28.9 Å². The Kier molecular flexibility index (Phi) is 15.2. The number of allylic oxidation sites excluding steroid dienone is 1. The van der Waals surface area contributed by atoms with E-state index in [9.17, 15) is 15.0 Å². The molecule has 0 spiro atoms. The first-order chi connectivity index (χ1) is 32.6. The highest BCUT2D eigenvalue weighted by Crippen LogP contribution is 2.62. The van der Waals surface area contributed by atoms with Gasteiger partial charge < -0.3 is 34.0 Å². The molecule has 67 heavy (non-hydrogen) atoms. The number of nitrogens with zero attached hydrogens (tertiary/aromatic N) is 2. The predicted octanol–water partition coefficient (Wildman–Crippen LogP) is 12.4. The van der Waals surface area contributed by atoms with E-state index in [0.29, 0.717) is 30.1 Å². The Balaban J connectivity index is 1.32. The van der Waals surface area contributed by atoms with E-state index >= 15 is 0 Å². The lowest BCUT2D eigenvalue weighted by atomic mass is 9.55. The summed E-state index contributed by atoms with van der Waals surface area (Å²) in [5, 5.41) is 27.2. The van der Waals surface area contributed by atoms with Crippen LogP contribution in [0.25, 0.3) is 21.9 Å². The minimum absolute atomic E-state index is 0.0476. The van der Waals surface area contributed by atoms with Crippen LogP contribution in [0.1, 0.15) is 89.7 Å². The Morgan fingerprint density at radius 3 is 2.30 bits per heavy atom. The molecule has 0 saturated heterocycles. The molecule has 6 atom stereocenters. The summed E-state index contributed by atoms with van der Waals surface area (Å²) < 4.78 is 27.3. The number of fused-ring (bicyclic) bond motifs is 3. The third-order valence-electron chi connectivity index (χ3n) is 13.4. The predicted molar refractivity (Wildman–Crippen MR) is 264 cm³/mol. The van der Waals surface area contributed by atoms with Gasteiger partial charge in [0.25, 0.3) is 0 Å². The van der Waals surface area contributed by atoms with Crippen molar-refractivity contribution in [2.45, 2.75) is 103 Å². The smallest absolute Gasteiger partial charge is 0.410 e. The number of hydrogen-bond donors (Lipinski definition) is 2. The summed E-state index contributed by atoms with van der Waals surface area (Å²) in [6, 6.07) is 38.0. The van der Waals surface area contributed by atoms with Gasteiger partial charge in [-0.3, -0.25) is 4.90 Å². The molecule has 10 nitrogen and oxygen atoms in total. The van der Waals surface area contributed by atoms with E-state index in [2.05, 4.69) is 67.3 Å². The zero-order valence-electron chi connectivity index (χ0n) is 39.4. The van der Waals surface area contributed by atoms with Gasteiger partial charge in [0.15, 0.2) is 0 Å². The number of aliphatic hydroxyl groups excluding tert-OH is 2. The van der Waals surface area contributed by atoms with Crippen molar-refractivity contribution in [2.75, 3.05) is 26.4 Å². The zero-order valence-corrected chi connectivity index (χ0v) is 39.4. The van der Waals surface area contributed by atoms with Crippen LogP contribution in [-0.4, -0.2) is 70.8 Å². The van der Waals surface area contributed by atoms with E-state index in [1.54, 1.807) is 11.0 Å². The van der Waals surface area contributed by atoms with Crippen LogP contribution in [0, 0.1) is 17.8 Å². The van der Waals surface area contributed by atoms with Gasteiger partial charge in [-0.2, -0.15) is 0 Å². The number of amides is 1. The second-order valence-electron chi connectivity index (χ2n) is 18.9. The number of carbonyl (C=O) groups is 1. The Morgan fingerprint density at radius 2 is 1.57 bits per heavy atom. The Morgan fingerprint density at radius 1 is 0.866 bits per heavy atom. The fourth-order valence-corrected chi connectivity index (χ4v) is 10.5. The maximum Gasteiger partial charge on any atom is 0.410 e. The number of hydrogen-bond acceptors (Lipinski definition) is 9. The molecular formula is C57H66N2O8. The van der Waals surface area contributed by atoms with Gasteiger partial charge in [0.2, 0.25) is 5.79 Å². The number of benzene rings is 5. The molecule has 2 aliphatic carbocycles. The summed E-state index contributed by atoms with van der Waals surface area (Å²) in [5.74, 6) is -0.0206. The normalized spacial score (nSPS) is 22.5. The van der Waals surface area contributed by atoms with Crippen LogP contribution in [0.2, 0.25) is 0 Å². The number of carbonyl (C=O) groups excluding carboxylic acids is 1. The van der Waals surface area contributed by atoms with Crippen LogP contribution in [-0.2, 0) is 20.9 Å². The zero-order chi connectivity index (χ0) is 47.0. The van der Waals surface area contributed by atoms with E-state index in [0.717, 1.165) is 70.0 Å². The molecule has 1 aliphatic heterocycles. The van der Waals surface area contributed by atoms with Gasteiger partial charge in [0.1, 0.15) is 28.9 Å². The first-order valence-electron chi connectivity index (χ1n) is 24.1. The lowest BCUT2D eigenvalue weighted by Gasteiger charge is -2.60. The SMILES string of the molecule is C=CCO[C@@]12Oc3ccc(Oc4ccc(-c5ccccc5)cc4)cc3[C@H]3[C@H](CCCCO)[C@@H](CCCCO)C=C(C(=NOC(C)(C)C)C[C@@H]1N(Cc1cccc4ccccc14)C(=O)OCC)[C@H]32. The maximum absolute atomic E-state index is 14.8. The van der Waals surface area contributed by atoms with Crippen molar-refractivity contribution < 1.29 is 38.8 Å². The van der Waals surface area contributed by atoms with Crippen molar-refractivity contribution in [2.24, 2.45) is 22.9 Å². The molecule has 352 valence electrons. The molecule has 8 rings (SSSR count). The number of aliphatic hydroxyl groups is 2. The standard InChI is InChI=1S/C57H66N2O8/c1-6-34-64-57-52(59(55(62)63-7-2)38-43-23-17-22-41-20-11-12-24-46(41)43)37-50(58-67-56(3,4)5)48-35-42(21-13-15-32-60)47(25-14-16-33-61)53(54(48)57)49-36-45(30-31-51(49)66-57)65-44-28-26-40(27-29-44)39-18-9-8-10-19-39/h6,8-12,17-20,22-24,26-31,35-36,42,47,52-54,60-61H,1,7,13-16,21,25,32-34,37-38H2,2-5H3/t42-,47+,52-,53+,54+,57+/m0/s1.